The molecule has 2 rings (SSSR count). The van der Waals surface area contributed by atoms with E-state index in [2.05, 4.69) is 9.46 Å². The molecule has 0 fully saturated rings. The minimum atomic E-state index is -4.71. The fourth-order valence-electron chi connectivity index (χ4n) is 2.07. The van der Waals surface area contributed by atoms with Crippen molar-refractivity contribution in [2.24, 2.45) is 0 Å². The Bertz CT molecular complexity index is 1100. The highest BCUT2D eigenvalue weighted by molar-refractivity contribution is 7.92. The second kappa shape index (κ2) is 8.39. The average Bonchev–Trinajstić information content (AvgIpc) is 2.65. The second-order valence-corrected chi connectivity index (χ2v) is 9.01. The lowest BCUT2D eigenvalue weighted by atomic mass is 10.2. The molecule has 0 aliphatic heterocycles. The number of hydrogen-bond donors (Lipinski definition) is 2. The van der Waals surface area contributed by atoms with Crippen LogP contribution in [0.2, 0.25) is 0 Å². The number of hydrogen-bond acceptors (Lipinski definition) is 6. The number of sulfonamides is 2. The highest BCUT2D eigenvalue weighted by atomic mass is 32.2. The number of ether oxygens (including phenoxy) is 1. The molecule has 8 nitrogen and oxygen atoms in total. The van der Waals surface area contributed by atoms with Crippen LogP contribution in [0.1, 0.15) is 5.56 Å². The minimum Gasteiger partial charge on any atom is -0.468 e. The lowest BCUT2D eigenvalue weighted by Gasteiger charge is -2.11. The Morgan fingerprint density at radius 2 is 1.59 bits per heavy atom. The van der Waals surface area contributed by atoms with Crippen molar-refractivity contribution in [3.8, 4) is 0 Å². The lowest BCUT2D eigenvalue weighted by molar-refractivity contribution is -0.139. The standard InChI is InChI=1S/C16H15F3N2O6S2/c1-27-15(22)10-20-28(23,24)13-7-5-12(6-8-13)21-29(25,26)14-4-2-3-11(9-14)16(17,18)19/h2-9,20-21H,10H2,1H3. The Balaban J connectivity index is 2.20. The number of carbonyl (C=O) groups is 1. The summed E-state index contributed by atoms with van der Waals surface area (Å²) in [6.07, 6.45) is -4.71. The fraction of sp³-hybridized carbons (Fsp3) is 0.188. The maximum absolute atomic E-state index is 12.8. The summed E-state index contributed by atoms with van der Waals surface area (Å²) in [7, 11) is -7.31. The van der Waals surface area contributed by atoms with Crippen molar-refractivity contribution >= 4 is 31.7 Å². The summed E-state index contributed by atoms with van der Waals surface area (Å²) in [5, 5.41) is 0. The third kappa shape index (κ3) is 5.92. The molecular weight excluding hydrogens is 437 g/mol. The molecule has 0 heterocycles. The smallest absolute Gasteiger partial charge is 0.416 e. The number of nitrogens with one attached hydrogen (secondary N) is 2. The number of anilines is 1. The van der Waals surface area contributed by atoms with Gasteiger partial charge in [0.1, 0.15) is 6.54 Å². The third-order valence-electron chi connectivity index (χ3n) is 3.52. The van der Waals surface area contributed by atoms with Gasteiger partial charge < -0.3 is 4.74 Å². The Morgan fingerprint density at radius 1 is 0.966 bits per heavy atom. The summed E-state index contributed by atoms with van der Waals surface area (Å²) < 4.78 is 95.4. The van der Waals surface area contributed by atoms with E-state index < -0.39 is 49.2 Å². The van der Waals surface area contributed by atoms with Gasteiger partial charge in [-0.2, -0.15) is 17.9 Å². The monoisotopic (exact) mass is 452 g/mol. The summed E-state index contributed by atoms with van der Waals surface area (Å²) in [5.41, 5.74) is -1.20. The molecule has 0 atom stereocenters. The van der Waals surface area contributed by atoms with Crippen molar-refractivity contribution < 1.29 is 39.5 Å². The maximum atomic E-state index is 12.8. The normalized spacial score (nSPS) is 12.4. The highest BCUT2D eigenvalue weighted by Crippen LogP contribution is 2.31. The van der Waals surface area contributed by atoms with E-state index in [4.69, 9.17) is 0 Å². The van der Waals surface area contributed by atoms with Crippen molar-refractivity contribution in [1.82, 2.24) is 4.72 Å². The number of esters is 1. The van der Waals surface area contributed by atoms with Gasteiger partial charge in [0, 0.05) is 5.69 Å². The van der Waals surface area contributed by atoms with E-state index in [1.54, 1.807) is 0 Å². The van der Waals surface area contributed by atoms with Gasteiger partial charge in [0.05, 0.1) is 22.5 Å². The van der Waals surface area contributed by atoms with Crippen molar-refractivity contribution in [2.75, 3.05) is 18.4 Å². The molecule has 158 valence electrons. The van der Waals surface area contributed by atoms with E-state index in [-0.39, 0.29) is 10.6 Å². The quantitative estimate of drug-likeness (QED) is 0.620. The van der Waals surface area contributed by atoms with E-state index in [0.29, 0.717) is 6.07 Å². The van der Waals surface area contributed by atoms with Gasteiger partial charge in [0.15, 0.2) is 0 Å². The van der Waals surface area contributed by atoms with Gasteiger partial charge in [-0.3, -0.25) is 9.52 Å². The largest absolute Gasteiger partial charge is 0.468 e. The maximum Gasteiger partial charge on any atom is 0.416 e. The zero-order chi connectivity index (χ0) is 21.9. The van der Waals surface area contributed by atoms with Crippen LogP contribution in [-0.2, 0) is 35.8 Å². The summed E-state index contributed by atoms with van der Waals surface area (Å²) in [5.74, 6) is -0.806. The first-order valence-corrected chi connectivity index (χ1v) is 10.7. The molecule has 0 bridgehead atoms. The number of halogens is 3. The van der Waals surface area contributed by atoms with Crippen LogP contribution in [0.3, 0.4) is 0 Å². The van der Waals surface area contributed by atoms with E-state index in [0.717, 1.165) is 49.6 Å². The number of alkyl halides is 3. The SMILES string of the molecule is COC(=O)CNS(=O)(=O)c1ccc(NS(=O)(=O)c2cccc(C(F)(F)F)c2)cc1. The number of benzene rings is 2. The molecule has 0 aliphatic rings. The van der Waals surface area contributed by atoms with Crippen LogP contribution in [-0.4, -0.2) is 36.5 Å². The predicted molar refractivity (Wildman–Crippen MR) is 95.9 cm³/mol. The molecule has 2 N–H and O–H groups in total. The molecule has 2 aromatic rings. The molecule has 0 amide bonds. The van der Waals surface area contributed by atoms with E-state index in [1.165, 1.54) is 0 Å². The lowest BCUT2D eigenvalue weighted by Crippen LogP contribution is -2.30. The van der Waals surface area contributed by atoms with E-state index in [1.807, 2.05) is 4.72 Å². The molecule has 29 heavy (non-hydrogen) atoms. The average molecular weight is 452 g/mol. The fourth-order valence-corrected chi connectivity index (χ4v) is 4.14. The highest BCUT2D eigenvalue weighted by Gasteiger charge is 2.31. The summed E-state index contributed by atoms with van der Waals surface area (Å²) in [6, 6.07) is 7.51. The number of methoxy groups -OCH3 is 1. The van der Waals surface area contributed by atoms with Crippen molar-refractivity contribution in [3.63, 3.8) is 0 Å². The first-order chi connectivity index (χ1) is 13.3. The molecule has 0 radical (unpaired) electrons. The first-order valence-electron chi connectivity index (χ1n) is 7.72. The number of rotatable bonds is 7. The molecule has 0 saturated carbocycles. The van der Waals surface area contributed by atoms with E-state index in [9.17, 15) is 34.8 Å². The predicted octanol–water partition coefficient (Wildman–Crippen LogP) is 1.96. The van der Waals surface area contributed by atoms with Crippen molar-refractivity contribution in [1.29, 1.82) is 0 Å². The van der Waals surface area contributed by atoms with Gasteiger partial charge in [-0.1, -0.05) is 6.07 Å². The molecule has 13 heteroatoms. The molecule has 0 spiro atoms. The molecule has 0 aliphatic carbocycles. The minimum absolute atomic E-state index is 0.0747. The Labute approximate surface area is 164 Å². The van der Waals surface area contributed by atoms with Gasteiger partial charge in [-0.05, 0) is 42.5 Å². The van der Waals surface area contributed by atoms with Gasteiger partial charge in [0.25, 0.3) is 10.0 Å². The van der Waals surface area contributed by atoms with Gasteiger partial charge in [-0.15, -0.1) is 0 Å². The molecule has 0 saturated heterocycles. The van der Waals surface area contributed by atoms with Crippen LogP contribution >= 0.6 is 0 Å². The van der Waals surface area contributed by atoms with Crippen molar-refractivity contribution in [2.45, 2.75) is 16.0 Å². The Kier molecular flexibility index (Phi) is 6.55. The molecule has 0 unspecified atom stereocenters. The van der Waals surface area contributed by atoms with E-state index >= 15 is 0 Å². The van der Waals surface area contributed by atoms with Crippen LogP contribution in [0.4, 0.5) is 18.9 Å². The van der Waals surface area contributed by atoms with Crippen LogP contribution in [0.5, 0.6) is 0 Å². The molecular formula is C16H15F3N2O6S2. The Morgan fingerprint density at radius 3 is 2.14 bits per heavy atom. The summed E-state index contributed by atoms with van der Waals surface area (Å²) >= 11 is 0. The third-order valence-corrected chi connectivity index (χ3v) is 6.32. The van der Waals surface area contributed by atoms with Crippen LogP contribution in [0.15, 0.2) is 58.3 Å². The molecule has 0 aromatic heterocycles. The zero-order valence-electron chi connectivity index (χ0n) is 14.7. The van der Waals surface area contributed by atoms with Crippen LogP contribution < -0.4 is 9.44 Å². The number of carbonyl (C=O) groups excluding carboxylic acids is 1. The summed E-state index contributed by atoms with van der Waals surface area (Å²) in [6.45, 7) is -0.594. The summed E-state index contributed by atoms with van der Waals surface area (Å²) in [4.78, 5) is 10.2. The van der Waals surface area contributed by atoms with Crippen molar-refractivity contribution in [3.05, 3.63) is 54.1 Å². The Hall–Kier alpha value is -2.64. The second-order valence-electron chi connectivity index (χ2n) is 5.56. The topological polar surface area (TPSA) is 119 Å². The van der Waals surface area contributed by atoms with Crippen LogP contribution in [0, 0.1) is 0 Å². The molecule has 2 aromatic carbocycles. The van der Waals surface area contributed by atoms with Gasteiger partial charge in [-0.25, -0.2) is 16.8 Å². The van der Waals surface area contributed by atoms with Gasteiger partial charge >= 0.3 is 12.1 Å². The zero-order valence-corrected chi connectivity index (χ0v) is 16.4. The van der Waals surface area contributed by atoms with Crippen LogP contribution in [0.25, 0.3) is 0 Å². The first kappa shape index (κ1) is 22.6. The van der Waals surface area contributed by atoms with Gasteiger partial charge in [0.2, 0.25) is 10.0 Å².